The van der Waals surface area contributed by atoms with Crippen LogP contribution in [0.1, 0.15) is 50.8 Å². The molecule has 0 unspecified atom stereocenters. The van der Waals surface area contributed by atoms with Crippen molar-refractivity contribution >= 4 is 17.6 Å². The number of hydrogen-bond donors (Lipinski definition) is 1. The van der Waals surface area contributed by atoms with Crippen molar-refractivity contribution in [1.29, 1.82) is 0 Å². The van der Waals surface area contributed by atoms with Gasteiger partial charge >= 0.3 is 6.09 Å². The largest absolute Gasteiger partial charge is 0.447 e. The first kappa shape index (κ1) is 22.3. The molecule has 8 nitrogen and oxygen atoms in total. The molecule has 1 aromatic rings. The predicted octanol–water partition coefficient (Wildman–Crippen LogP) is 3.00. The maximum absolute atomic E-state index is 14.3. The van der Waals surface area contributed by atoms with Gasteiger partial charge in [-0.15, -0.1) is 0 Å². The van der Waals surface area contributed by atoms with Crippen LogP contribution in [-0.4, -0.2) is 65.2 Å². The molecule has 166 valence electrons. The van der Waals surface area contributed by atoms with Gasteiger partial charge in [-0.1, -0.05) is 5.16 Å². The topological polar surface area (TPSA) is 87.5 Å². The minimum absolute atomic E-state index is 0.00795. The van der Waals surface area contributed by atoms with Crippen molar-refractivity contribution in [1.82, 2.24) is 9.88 Å². The first-order valence-electron chi connectivity index (χ1n) is 10.6. The molecule has 1 amide bonds. The van der Waals surface area contributed by atoms with Crippen molar-refractivity contribution < 1.29 is 23.9 Å². The second kappa shape index (κ2) is 10.1. The molecule has 1 aromatic heterocycles. The van der Waals surface area contributed by atoms with E-state index in [9.17, 15) is 14.3 Å². The molecule has 0 radical (unpaired) electrons. The van der Waals surface area contributed by atoms with Crippen LogP contribution in [-0.2, 0) is 16.2 Å². The van der Waals surface area contributed by atoms with Crippen LogP contribution in [0.4, 0.5) is 15.0 Å². The number of piperidine rings is 2. The molecule has 0 spiro atoms. The van der Waals surface area contributed by atoms with E-state index in [-0.39, 0.29) is 24.9 Å². The Labute approximate surface area is 176 Å². The smallest absolute Gasteiger partial charge is 0.410 e. The lowest BCUT2D eigenvalue weighted by atomic mass is 10.1. The van der Waals surface area contributed by atoms with Gasteiger partial charge in [-0.3, -0.25) is 0 Å². The van der Waals surface area contributed by atoms with E-state index in [1.165, 1.54) is 6.07 Å². The van der Waals surface area contributed by atoms with Crippen LogP contribution >= 0.6 is 0 Å². The number of anilines is 1. The minimum Gasteiger partial charge on any atom is -0.447 e. The molecule has 3 heterocycles. The number of amides is 1. The highest BCUT2D eigenvalue weighted by molar-refractivity contribution is 5.86. The van der Waals surface area contributed by atoms with Gasteiger partial charge in [0.1, 0.15) is 6.10 Å². The lowest BCUT2D eigenvalue weighted by Gasteiger charge is -2.31. The van der Waals surface area contributed by atoms with E-state index < -0.39 is 5.82 Å². The number of rotatable bonds is 5. The second-order valence-corrected chi connectivity index (χ2v) is 8.07. The zero-order valence-corrected chi connectivity index (χ0v) is 17.9. The van der Waals surface area contributed by atoms with Crippen LogP contribution in [0.25, 0.3) is 0 Å². The van der Waals surface area contributed by atoms with E-state index in [0.29, 0.717) is 56.1 Å². The summed E-state index contributed by atoms with van der Waals surface area (Å²) in [5, 5.41) is 13.6. The van der Waals surface area contributed by atoms with Crippen molar-refractivity contribution in [2.24, 2.45) is 5.16 Å². The third kappa shape index (κ3) is 5.59. The summed E-state index contributed by atoms with van der Waals surface area (Å²) in [6.07, 6.45) is 2.41. The predicted molar refractivity (Wildman–Crippen MR) is 111 cm³/mol. The number of ether oxygens (including phenoxy) is 1. The number of carbonyl (C=O) groups is 1. The number of oxime groups is 1. The van der Waals surface area contributed by atoms with Crippen molar-refractivity contribution in [2.45, 2.75) is 65.3 Å². The van der Waals surface area contributed by atoms with Gasteiger partial charge in [-0.25, -0.2) is 14.2 Å². The van der Waals surface area contributed by atoms with Crippen molar-refractivity contribution in [2.75, 3.05) is 31.1 Å². The van der Waals surface area contributed by atoms with E-state index in [4.69, 9.17) is 9.57 Å². The highest BCUT2D eigenvalue weighted by atomic mass is 19.1. The fourth-order valence-electron chi connectivity index (χ4n) is 3.62. The van der Waals surface area contributed by atoms with Crippen molar-refractivity contribution in [3.63, 3.8) is 0 Å². The van der Waals surface area contributed by atoms with E-state index in [1.807, 2.05) is 18.7 Å². The van der Waals surface area contributed by atoms with Gasteiger partial charge < -0.3 is 24.5 Å². The van der Waals surface area contributed by atoms with Gasteiger partial charge in [-0.05, 0) is 26.8 Å². The van der Waals surface area contributed by atoms with E-state index >= 15 is 0 Å². The second-order valence-electron chi connectivity index (χ2n) is 8.07. The van der Waals surface area contributed by atoms with Crippen LogP contribution in [0.2, 0.25) is 0 Å². The molecule has 30 heavy (non-hydrogen) atoms. The van der Waals surface area contributed by atoms with Crippen LogP contribution in [0, 0.1) is 12.7 Å². The normalized spacial score (nSPS) is 18.0. The average molecular weight is 423 g/mol. The summed E-state index contributed by atoms with van der Waals surface area (Å²) in [4.78, 5) is 25.6. The fraction of sp³-hybridized carbons (Fsp3) is 0.667. The maximum atomic E-state index is 14.3. The fourth-order valence-corrected chi connectivity index (χ4v) is 3.62. The molecule has 2 aliphatic heterocycles. The minimum atomic E-state index is -0.413. The molecule has 2 fully saturated rings. The molecule has 0 aliphatic carbocycles. The summed E-state index contributed by atoms with van der Waals surface area (Å²) < 4.78 is 19.6. The lowest BCUT2D eigenvalue weighted by molar-refractivity contribution is 0.00415. The molecule has 0 aromatic carbocycles. The van der Waals surface area contributed by atoms with Gasteiger partial charge in [-0.2, -0.15) is 0 Å². The number of likely N-dealkylation sites (tertiary alicyclic amines) is 1. The molecule has 9 heteroatoms. The molecule has 0 atom stereocenters. The van der Waals surface area contributed by atoms with E-state index in [2.05, 4.69) is 10.1 Å². The monoisotopic (exact) mass is 422 g/mol. The number of aliphatic hydroxyl groups excluding tert-OH is 1. The van der Waals surface area contributed by atoms with Crippen LogP contribution in [0.5, 0.6) is 0 Å². The lowest BCUT2D eigenvalue weighted by Crippen LogP contribution is -2.41. The average Bonchev–Trinajstić information content (AvgIpc) is 2.74. The Bertz CT molecular complexity index is 769. The molecule has 2 saturated heterocycles. The van der Waals surface area contributed by atoms with Gasteiger partial charge in [0.2, 0.25) is 0 Å². The van der Waals surface area contributed by atoms with Crippen molar-refractivity contribution in [3.05, 3.63) is 23.1 Å². The Morgan fingerprint density at radius 3 is 2.57 bits per heavy atom. The highest BCUT2D eigenvalue weighted by Gasteiger charge is 2.26. The van der Waals surface area contributed by atoms with E-state index in [0.717, 1.165) is 18.6 Å². The van der Waals surface area contributed by atoms with Crippen LogP contribution in [0.15, 0.2) is 11.2 Å². The SMILES string of the molecule is Cc1nc(N2CCC(=NOC3CCN(C(=O)OC(C)C)CC3)CC2)c(F)cc1CO. The number of carbonyl (C=O) groups excluding carboxylic acids is 1. The Morgan fingerprint density at radius 1 is 1.30 bits per heavy atom. The number of aliphatic hydroxyl groups is 1. The maximum Gasteiger partial charge on any atom is 0.410 e. The summed E-state index contributed by atoms with van der Waals surface area (Å²) >= 11 is 0. The number of halogens is 1. The summed E-state index contributed by atoms with van der Waals surface area (Å²) in [5.74, 6) is -0.0885. The molecule has 0 bridgehead atoms. The molecule has 2 aliphatic rings. The Balaban J connectivity index is 1.46. The summed E-state index contributed by atoms with van der Waals surface area (Å²) in [7, 11) is 0. The first-order chi connectivity index (χ1) is 14.4. The summed E-state index contributed by atoms with van der Waals surface area (Å²) in [5.41, 5.74) is 2.10. The zero-order valence-electron chi connectivity index (χ0n) is 17.9. The van der Waals surface area contributed by atoms with Gasteiger partial charge in [0, 0.05) is 63.1 Å². The third-order valence-electron chi connectivity index (χ3n) is 5.43. The number of nitrogens with zero attached hydrogens (tertiary/aromatic N) is 4. The van der Waals surface area contributed by atoms with Gasteiger partial charge in [0.05, 0.1) is 18.4 Å². The number of pyridine rings is 1. The van der Waals surface area contributed by atoms with Gasteiger partial charge in [0.15, 0.2) is 11.6 Å². The summed E-state index contributed by atoms with van der Waals surface area (Å²) in [6, 6.07) is 1.35. The highest BCUT2D eigenvalue weighted by Crippen LogP contribution is 2.23. The standard InChI is InChI=1S/C21H31FN4O4/c1-14(2)29-21(28)26-10-6-18(7-11-26)30-24-17-4-8-25(9-5-17)20-19(22)12-16(13-27)15(3)23-20/h12,14,18,27H,4-11,13H2,1-3H3. The Morgan fingerprint density at radius 2 is 1.97 bits per heavy atom. The molecule has 0 saturated carbocycles. The quantitative estimate of drug-likeness (QED) is 0.734. The molecular formula is C21H31FN4O4. The van der Waals surface area contributed by atoms with Crippen molar-refractivity contribution in [3.8, 4) is 0 Å². The Kier molecular flexibility index (Phi) is 7.47. The number of aromatic nitrogens is 1. The number of aryl methyl sites for hydroxylation is 1. The molecule has 3 rings (SSSR count). The zero-order chi connectivity index (χ0) is 21.7. The first-order valence-corrected chi connectivity index (χ1v) is 10.6. The molecular weight excluding hydrogens is 391 g/mol. The molecule has 1 N–H and O–H groups in total. The third-order valence-corrected chi connectivity index (χ3v) is 5.43. The Hall–Kier alpha value is -2.42. The van der Waals surface area contributed by atoms with E-state index in [1.54, 1.807) is 11.8 Å². The number of hydrogen-bond acceptors (Lipinski definition) is 7. The van der Waals surface area contributed by atoms with Gasteiger partial charge in [0.25, 0.3) is 0 Å². The van der Waals surface area contributed by atoms with Crippen LogP contribution in [0.3, 0.4) is 0 Å². The van der Waals surface area contributed by atoms with Crippen LogP contribution < -0.4 is 4.90 Å². The summed E-state index contributed by atoms with van der Waals surface area (Å²) in [6.45, 7) is 7.66.